The van der Waals surface area contributed by atoms with Gasteiger partial charge in [-0.1, -0.05) is 31.5 Å². The van der Waals surface area contributed by atoms with Gasteiger partial charge in [0, 0.05) is 37.2 Å². The number of nitrogens with zero attached hydrogens (tertiary/aromatic N) is 2. The van der Waals surface area contributed by atoms with Gasteiger partial charge in [0.1, 0.15) is 0 Å². The highest BCUT2D eigenvalue weighted by Gasteiger charge is 2.31. The van der Waals surface area contributed by atoms with Crippen molar-refractivity contribution >= 4 is 11.8 Å². The zero-order chi connectivity index (χ0) is 20.8. The lowest BCUT2D eigenvalue weighted by Crippen LogP contribution is -2.50. The summed E-state index contributed by atoms with van der Waals surface area (Å²) in [5.41, 5.74) is 1.97. The van der Waals surface area contributed by atoms with Crippen LogP contribution in [0.1, 0.15) is 61.9 Å². The van der Waals surface area contributed by atoms with E-state index >= 15 is 0 Å². The van der Waals surface area contributed by atoms with E-state index in [1.165, 1.54) is 5.56 Å². The lowest BCUT2D eigenvalue weighted by molar-refractivity contribution is -0.126. The third kappa shape index (κ3) is 6.05. The maximum Gasteiger partial charge on any atom is 0.253 e. The van der Waals surface area contributed by atoms with E-state index in [1.807, 2.05) is 36.1 Å². The number of likely N-dealkylation sites (tertiary alicyclic amines) is 2. The second-order valence-electron chi connectivity index (χ2n) is 9.17. The van der Waals surface area contributed by atoms with Crippen LogP contribution in [-0.4, -0.2) is 60.4 Å². The number of rotatable bonds is 6. The van der Waals surface area contributed by atoms with E-state index in [9.17, 15) is 9.59 Å². The second-order valence-corrected chi connectivity index (χ2v) is 9.17. The van der Waals surface area contributed by atoms with Crippen LogP contribution >= 0.6 is 0 Å². The summed E-state index contributed by atoms with van der Waals surface area (Å²) in [6.45, 7) is 10.9. The van der Waals surface area contributed by atoms with Gasteiger partial charge in [-0.2, -0.15) is 0 Å². The zero-order valence-corrected chi connectivity index (χ0v) is 18.3. The summed E-state index contributed by atoms with van der Waals surface area (Å²) >= 11 is 0. The Bertz CT molecular complexity index is 670. The van der Waals surface area contributed by atoms with Crippen molar-refractivity contribution in [3.05, 3.63) is 35.4 Å². The minimum atomic E-state index is 0.153. The molecule has 1 aromatic carbocycles. The molecule has 2 aliphatic rings. The zero-order valence-electron chi connectivity index (χ0n) is 18.3. The molecule has 0 radical (unpaired) electrons. The molecule has 0 saturated carbocycles. The molecule has 29 heavy (non-hydrogen) atoms. The number of nitrogens with one attached hydrogen (secondary N) is 1. The van der Waals surface area contributed by atoms with E-state index in [0.717, 1.165) is 70.4 Å². The molecule has 0 spiro atoms. The molecular formula is C24H37N3O2. The maximum atomic E-state index is 12.7. The summed E-state index contributed by atoms with van der Waals surface area (Å²) in [5.74, 6) is 1.19. The van der Waals surface area contributed by atoms with Crippen LogP contribution in [0.5, 0.6) is 0 Å². The van der Waals surface area contributed by atoms with Gasteiger partial charge in [-0.05, 0) is 70.2 Å². The summed E-state index contributed by atoms with van der Waals surface area (Å²) in [5, 5.41) is 3.11. The van der Waals surface area contributed by atoms with Crippen molar-refractivity contribution in [1.29, 1.82) is 0 Å². The monoisotopic (exact) mass is 399 g/mol. The van der Waals surface area contributed by atoms with Crippen molar-refractivity contribution in [3.63, 3.8) is 0 Å². The number of hydrogen-bond donors (Lipinski definition) is 1. The molecule has 0 aliphatic carbocycles. The largest absolute Gasteiger partial charge is 0.356 e. The molecule has 3 rings (SSSR count). The molecule has 5 nitrogen and oxygen atoms in total. The highest BCUT2D eigenvalue weighted by atomic mass is 16.2. The van der Waals surface area contributed by atoms with Gasteiger partial charge >= 0.3 is 0 Å². The molecule has 0 aromatic heterocycles. The normalized spacial score (nSPS) is 19.5. The van der Waals surface area contributed by atoms with Gasteiger partial charge in [0.2, 0.25) is 5.91 Å². The number of carbonyl (C=O) groups excluding carboxylic acids is 2. The van der Waals surface area contributed by atoms with Crippen molar-refractivity contribution in [2.75, 3.05) is 32.7 Å². The first-order valence-electron chi connectivity index (χ1n) is 11.3. The lowest BCUT2D eigenvalue weighted by Gasteiger charge is -2.41. The fourth-order valence-corrected chi connectivity index (χ4v) is 4.47. The predicted octanol–water partition coefficient (Wildman–Crippen LogP) is 3.47. The van der Waals surface area contributed by atoms with Crippen LogP contribution in [-0.2, 0) is 4.79 Å². The summed E-state index contributed by atoms with van der Waals surface area (Å²) in [6.07, 6.45) is 5.02. The number of benzene rings is 1. The van der Waals surface area contributed by atoms with Crippen LogP contribution in [0.15, 0.2) is 24.3 Å². The predicted molar refractivity (Wildman–Crippen MR) is 117 cm³/mol. The van der Waals surface area contributed by atoms with Crippen molar-refractivity contribution in [2.45, 2.75) is 58.9 Å². The summed E-state index contributed by atoms with van der Waals surface area (Å²) in [6, 6.07) is 8.41. The fourth-order valence-electron chi connectivity index (χ4n) is 4.47. The first-order chi connectivity index (χ1) is 13.9. The minimum absolute atomic E-state index is 0.153. The molecule has 1 N–H and O–H groups in total. The molecule has 2 amide bonds. The van der Waals surface area contributed by atoms with Crippen LogP contribution in [0.3, 0.4) is 0 Å². The summed E-state index contributed by atoms with van der Waals surface area (Å²) in [4.78, 5) is 29.6. The fraction of sp³-hybridized carbons (Fsp3) is 0.667. The molecule has 0 atom stereocenters. The molecular weight excluding hydrogens is 362 g/mol. The number of amides is 2. The van der Waals surface area contributed by atoms with Crippen LogP contribution in [0, 0.1) is 18.8 Å². The number of piperidine rings is 2. The van der Waals surface area contributed by atoms with Crippen LogP contribution < -0.4 is 5.32 Å². The maximum absolute atomic E-state index is 12.7. The van der Waals surface area contributed by atoms with Gasteiger partial charge in [-0.3, -0.25) is 9.59 Å². The Labute approximate surface area is 175 Å². The number of aryl methyl sites for hydroxylation is 1. The van der Waals surface area contributed by atoms with Gasteiger partial charge in [0.15, 0.2) is 0 Å². The van der Waals surface area contributed by atoms with Crippen molar-refractivity contribution < 1.29 is 9.59 Å². The van der Waals surface area contributed by atoms with E-state index in [1.54, 1.807) is 0 Å². The van der Waals surface area contributed by atoms with E-state index < -0.39 is 0 Å². The minimum Gasteiger partial charge on any atom is -0.356 e. The molecule has 2 saturated heterocycles. The SMILES string of the molecule is Cc1ccc(C(=O)N2CCC(N3CCC(C(=O)NCCC(C)C)CC3)CC2)cc1. The van der Waals surface area contributed by atoms with Crippen LogP contribution in [0.4, 0.5) is 0 Å². The Balaban J connectivity index is 1.40. The van der Waals surface area contributed by atoms with Crippen molar-refractivity contribution in [3.8, 4) is 0 Å². The molecule has 0 unspecified atom stereocenters. The number of carbonyl (C=O) groups is 2. The highest BCUT2D eigenvalue weighted by Crippen LogP contribution is 2.25. The smallest absolute Gasteiger partial charge is 0.253 e. The number of hydrogen-bond acceptors (Lipinski definition) is 3. The van der Waals surface area contributed by atoms with Gasteiger partial charge in [-0.15, -0.1) is 0 Å². The topological polar surface area (TPSA) is 52.7 Å². The Morgan fingerprint density at radius 1 is 1.00 bits per heavy atom. The van der Waals surface area contributed by atoms with Crippen molar-refractivity contribution in [2.24, 2.45) is 11.8 Å². The third-order valence-electron chi connectivity index (χ3n) is 6.49. The Morgan fingerprint density at radius 3 is 2.21 bits per heavy atom. The Kier molecular flexibility index (Phi) is 7.70. The molecule has 2 fully saturated rings. The van der Waals surface area contributed by atoms with E-state index in [-0.39, 0.29) is 17.7 Å². The van der Waals surface area contributed by atoms with Gasteiger partial charge < -0.3 is 15.1 Å². The highest BCUT2D eigenvalue weighted by molar-refractivity contribution is 5.94. The van der Waals surface area contributed by atoms with E-state index in [4.69, 9.17) is 0 Å². The quantitative estimate of drug-likeness (QED) is 0.797. The Hall–Kier alpha value is -1.88. The van der Waals surface area contributed by atoms with Gasteiger partial charge in [-0.25, -0.2) is 0 Å². The summed E-state index contributed by atoms with van der Waals surface area (Å²) < 4.78 is 0. The van der Waals surface area contributed by atoms with Gasteiger partial charge in [0.05, 0.1) is 0 Å². The second kappa shape index (κ2) is 10.2. The molecule has 5 heteroatoms. The molecule has 2 aliphatic heterocycles. The lowest BCUT2D eigenvalue weighted by atomic mass is 9.92. The van der Waals surface area contributed by atoms with Crippen LogP contribution in [0.2, 0.25) is 0 Å². The summed E-state index contributed by atoms with van der Waals surface area (Å²) in [7, 11) is 0. The molecule has 2 heterocycles. The molecule has 1 aromatic rings. The molecule has 0 bridgehead atoms. The van der Waals surface area contributed by atoms with Crippen molar-refractivity contribution in [1.82, 2.24) is 15.1 Å². The first kappa shape index (κ1) is 21.8. The van der Waals surface area contributed by atoms with E-state index in [2.05, 4.69) is 24.1 Å². The average Bonchev–Trinajstić information content (AvgIpc) is 2.74. The van der Waals surface area contributed by atoms with E-state index in [0.29, 0.717) is 12.0 Å². The molecule has 160 valence electrons. The van der Waals surface area contributed by atoms with Crippen LogP contribution in [0.25, 0.3) is 0 Å². The standard InChI is InChI=1S/C24H37N3O2/c1-18(2)8-13-25-23(28)20-9-14-26(15-10-20)22-11-16-27(17-12-22)24(29)21-6-4-19(3)5-7-21/h4-7,18,20,22H,8-17H2,1-3H3,(H,25,28). The third-order valence-corrected chi connectivity index (χ3v) is 6.49. The average molecular weight is 400 g/mol. The Morgan fingerprint density at radius 2 is 1.62 bits per heavy atom. The van der Waals surface area contributed by atoms with Gasteiger partial charge in [0.25, 0.3) is 5.91 Å². The first-order valence-corrected chi connectivity index (χ1v) is 11.3.